The van der Waals surface area contributed by atoms with E-state index in [4.69, 9.17) is 5.73 Å². The average molecular weight is 467 g/mol. The molecule has 1 amide bonds. The van der Waals surface area contributed by atoms with E-state index in [-0.39, 0.29) is 11.3 Å². The molecule has 5 nitrogen and oxygen atoms in total. The van der Waals surface area contributed by atoms with Crippen molar-refractivity contribution in [1.29, 1.82) is 0 Å². The lowest BCUT2D eigenvalue weighted by Crippen LogP contribution is -2.21. The molecular formula is C24H16F3N3O2S. The first kappa shape index (κ1) is 22.3. The lowest BCUT2D eigenvalue weighted by Gasteiger charge is -2.07. The van der Waals surface area contributed by atoms with E-state index in [2.05, 4.69) is 9.97 Å². The third-order valence-corrected chi connectivity index (χ3v) is 5.98. The molecule has 0 aliphatic heterocycles. The first-order valence-electron chi connectivity index (χ1n) is 9.72. The zero-order valence-corrected chi connectivity index (χ0v) is 17.8. The van der Waals surface area contributed by atoms with Crippen LogP contribution in [-0.4, -0.2) is 27.8 Å². The Morgan fingerprint density at radius 2 is 1.73 bits per heavy atom. The van der Waals surface area contributed by atoms with Crippen LogP contribution < -0.4 is 5.73 Å². The predicted octanol–water partition coefficient (Wildman–Crippen LogP) is 5.21. The van der Waals surface area contributed by atoms with Crippen molar-refractivity contribution >= 4 is 40.1 Å². The lowest BCUT2D eigenvalue weighted by molar-refractivity contribution is -0.114. The molecule has 166 valence electrons. The summed E-state index contributed by atoms with van der Waals surface area (Å²) >= 11 is 0.764. The number of amides is 1. The van der Waals surface area contributed by atoms with Gasteiger partial charge in [0, 0.05) is 29.3 Å². The summed E-state index contributed by atoms with van der Waals surface area (Å²) < 4.78 is 38.1. The first-order chi connectivity index (χ1) is 15.7. The molecular weight excluding hydrogens is 451 g/mol. The highest BCUT2D eigenvalue weighted by atomic mass is 32.1. The van der Waals surface area contributed by atoms with Gasteiger partial charge in [0.05, 0.1) is 15.9 Å². The molecule has 0 bridgehead atoms. The molecule has 0 unspecified atom stereocenters. The quantitative estimate of drug-likeness (QED) is 0.311. The van der Waals surface area contributed by atoms with E-state index >= 15 is 0 Å². The maximum absolute atomic E-state index is 12.7. The second kappa shape index (κ2) is 8.95. The SMILES string of the molecule is NC(=O)C(=Cc1cccc(-c2ccc(C(=O)C(F)(F)F)s2)c1)Cc1ccc2nccnc2c1. The van der Waals surface area contributed by atoms with Crippen molar-refractivity contribution in [3.05, 3.63) is 88.6 Å². The van der Waals surface area contributed by atoms with Gasteiger partial charge in [-0.1, -0.05) is 24.3 Å². The molecule has 2 N–H and O–H groups in total. The van der Waals surface area contributed by atoms with Crippen LogP contribution in [0.1, 0.15) is 20.8 Å². The molecule has 0 fully saturated rings. The van der Waals surface area contributed by atoms with Crippen molar-refractivity contribution < 1.29 is 22.8 Å². The number of nitrogens with two attached hydrogens (primary N) is 1. The Morgan fingerprint density at radius 3 is 2.45 bits per heavy atom. The van der Waals surface area contributed by atoms with Gasteiger partial charge in [-0.15, -0.1) is 11.3 Å². The van der Waals surface area contributed by atoms with Gasteiger partial charge in [-0.2, -0.15) is 13.2 Å². The number of carbonyl (C=O) groups excluding carboxylic acids is 2. The van der Waals surface area contributed by atoms with Crippen LogP contribution in [0.25, 0.3) is 27.6 Å². The Balaban J connectivity index is 1.62. The van der Waals surface area contributed by atoms with Gasteiger partial charge in [-0.25, -0.2) is 0 Å². The number of hydrogen-bond donors (Lipinski definition) is 1. The Bertz CT molecular complexity index is 1390. The highest BCUT2D eigenvalue weighted by Gasteiger charge is 2.40. The van der Waals surface area contributed by atoms with Crippen molar-refractivity contribution in [1.82, 2.24) is 9.97 Å². The fraction of sp³-hybridized carbons (Fsp3) is 0.0833. The molecule has 0 aliphatic rings. The minimum atomic E-state index is -4.92. The third kappa shape index (κ3) is 5.15. The Morgan fingerprint density at radius 1 is 0.970 bits per heavy atom. The summed E-state index contributed by atoms with van der Waals surface area (Å²) in [5.41, 5.74) is 9.49. The Kier molecular flexibility index (Phi) is 6.06. The normalized spacial score (nSPS) is 12.2. The van der Waals surface area contributed by atoms with E-state index in [0.29, 0.717) is 27.1 Å². The zero-order valence-electron chi connectivity index (χ0n) is 17.0. The molecule has 2 aromatic heterocycles. The van der Waals surface area contributed by atoms with E-state index in [0.717, 1.165) is 28.5 Å². The number of halogens is 3. The molecule has 0 aliphatic carbocycles. The maximum Gasteiger partial charge on any atom is 0.455 e. The van der Waals surface area contributed by atoms with E-state index in [1.807, 2.05) is 18.2 Å². The van der Waals surface area contributed by atoms with Crippen LogP contribution in [0.5, 0.6) is 0 Å². The van der Waals surface area contributed by atoms with Crippen molar-refractivity contribution in [3.63, 3.8) is 0 Å². The van der Waals surface area contributed by atoms with Crippen molar-refractivity contribution in [2.45, 2.75) is 12.6 Å². The molecule has 9 heteroatoms. The number of Topliss-reactive ketones (excluding diaryl/α,β-unsaturated/α-hetero) is 1. The summed E-state index contributed by atoms with van der Waals surface area (Å²) in [6.07, 6.45) is 0.175. The van der Waals surface area contributed by atoms with Crippen molar-refractivity contribution in [2.24, 2.45) is 5.73 Å². The smallest absolute Gasteiger partial charge is 0.366 e. The van der Waals surface area contributed by atoms with Crippen LogP contribution >= 0.6 is 11.3 Å². The standard InChI is InChI=1S/C24H16F3N3O2S/c25-24(26,27)22(31)21-7-6-20(33-21)16-3-1-2-14(10-16)11-17(23(28)32)12-15-4-5-18-19(13-15)30-9-8-29-18/h1-11,13H,12H2,(H2,28,32). The van der Waals surface area contributed by atoms with Gasteiger partial charge in [0.25, 0.3) is 5.78 Å². The minimum absolute atomic E-state index is 0.273. The van der Waals surface area contributed by atoms with Crippen molar-refractivity contribution in [3.8, 4) is 10.4 Å². The number of rotatable bonds is 6. The molecule has 0 atom stereocenters. The summed E-state index contributed by atoms with van der Waals surface area (Å²) in [5, 5.41) is 0. The number of alkyl halides is 3. The number of aromatic nitrogens is 2. The number of nitrogens with zero attached hydrogens (tertiary/aromatic N) is 2. The van der Waals surface area contributed by atoms with E-state index in [1.165, 1.54) is 6.07 Å². The molecule has 4 aromatic rings. The first-order valence-corrected chi connectivity index (χ1v) is 10.5. The van der Waals surface area contributed by atoms with Gasteiger partial charge >= 0.3 is 6.18 Å². The maximum atomic E-state index is 12.7. The van der Waals surface area contributed by atoms with Gasteiger partial charge in [0.2, 0.25) is 5.91 Å². The van der Waals surface area contributed by atoms with E-state index in [1.54, 1.807) is 42.7 Å². The monoisotopic (exact) mass is 467 g/mol. The predicted molar refractivity (Wildman–Crippen MR) is 121 cm³/mol. The molecule has 4 rings (SSSR count). The van der Waals surface area contributed by atoms with Gasteiger partial charge in [0.15, 0.2) is 0 Å². The Hall–Kier alpha value is -3.85. The van der Waals surface area contributed by atoms with Crippen LogP contribution in [0.2, 0.25) is 0 Å². The molecule has 0 radical (unpaired) electrons. The zero-order chi connectivity index (χ0) is 23.6. The fourth-order valence-corrected chi connectivity index (χ4v) is 4.25. The summed E-state index contributed by atoms with van der Waals surface area (Å²) in [7, 11) is 0. The lowest BCUT2D eigenvalue weighted by atomic mass is 10.0. The van der Waals surface area contributed by atoms with Crippen LogP contribution in [0.3, 0.4) is 0 Å². The topological polar surface area (TPSA) is 85.9 Å². The van der Waals surface area contributed by atoms with Gasteiger partial charge in [-0.05, 0) is 53.1 Å². The molecule has 33 heavy (non-hydrogen) atoms. The van der Waals surface area contributed by atoms with Crippen LogP contribution in [0, 0.1) is 0 Å². The summed E-state index contributed by atoms with van der Waals surface area (Å²) in [4.78, 5) is 32.2. The largest absolute Gasteiger partial charge is 0.455 e. The van der Waals surface area contributed by atoms with E-state index < -0.39 is 17.9 Å². The highest BCUT2D eigenvalue weighted by molar-refractivity contribution is 7.17. The molecule has 0 spiro atoms. The third-order valence-electron chi connectivity index (χ3n) is 4.84. The number of fused-ring (bicyclic) bond motifs is 1. The number of hydrogen-bond acceptors (Lipinski definition) is 5. The van der Waals surface area contributed by atoms with Crippen LogP contribution in [0.15, 0.2) is 72.6 Å². The molecule has 2 heterocycles. The molecule has 0 saturated heterocycles. The Labute approximate surface area is 190 Å². The highest BCUT2D eigenvalue weighted by Crippen LogP contribution is 2.32. The number of thiophene rings is 1. The summed E-state index contributed by atoms with van der Waals surface area (Å²) in [6.45, 7) is 0. The number of benzene rings is 2. The van der Waals surface area contributed by atoms with E-state index in [9.17, 15) is 22.8 Å². The number of primary amides is 1. The average Bonchev–Trinajstić information content (AvgIpc) is 3.28. The van der Waals surface area contributed by atoms with Gasteiger partial charge in [-0.3, -0.25) is 19.6 Å². The second-order valence-corrected chi connectivity index (χ2v) is 8.29. The van der Waals surface area contributed by atoms with Crippen LogP contribution in [0.4, 0.5) is 13.2 Å². The number of ketones is 1. The second-order valence-electron chi connectivity index (χ2n) is 7.21. The molecule has 2 aromatic carbocycles. The summed E-state index contributed by atoms with van der Waals surface area (Å²) in [6, 6.07) is 15.0. The van der Waals surface area contributed by atoms with Crippen LogP contribution in [-0.2, 0) is 11.2 Å². The number of carbonyl (C=O) groups is 2. The van der Waals surface area contributed by atoms with Crippen molar-refractivity contribution in [2.75, 3.05) is 0 Å². The fourth-order valence-electron chi connectivity index (χ4n) is 3.29. The van der Waals surface area contributed by atoms with Gasteiger partial charge in [0.1, 0.15) is 0 Å². The minimum Gasteiger partial charge on any atom is -0.366 e. The molecule has 0 saturated carbocycles. The summed E-state index contributed by atoms with van der Waals surface area (Å²) in [5.74, 6) is -2.46. The van der Waals surface area contributed by atoms with Gasteiger partial charge < -0.3 is 5.73 Å².